The van der Waals surface area contributed by atoms with Gasteiger partial charge in [0.05, 0.1) is 22.5 Å². The van der Waals surface area contributed by atoms with E-state index >= 15 is 0 Å². The lowest BCUT2D eigenvalue weighted by Crippen LogP contribution is -2.33. The van der Waals surface area contributed by atoms with E-state index in [1.807, 2.05) is 0 Å². The number of hydrogen-bond acceptors (Lipinski definition) is 4. The Balaban J connectivity index is 1.74. The number of alkyl halides is 3. The zero-order valence-corrected chi connectivity index (χ0v) is 13.3. The summed E-state index contributed by atoms with van der Waals surface area (Å²) in [6, 6.07) is 0.182. The van der Waals surface area contributed by atoms with Crippen LogP contribution in [0, 0.1) is 0 Å². The van der Waals surface area contributed by atoms with Gasteiger partial charge in [-0.3, -0.25) is 9.48 Å². The second kappa shape index (κ2) is 5.97. The number of carbonyl (C=O) groups excluding carboxylic acids is 1. The molecule has 1 unspecified atom stereocenters. The lowest BCUT2D eigenvalue weighted by atomic mass is 10.2. The number of rotatable bonds is 3. The summed E-state index contributed by atoms with van der Waals surface area (Å²) in [6.07, 6.45) is -0.0675. The van der Waals surface area contributed by atoms with Crippen LogP contribution in [-0.2, 0) is 18.0 Å². The molecule has 1 saturated heterocycles. The molecule has 0 saturated carbocycles. The zero-order valence-electron chi connectivity index (χ0n) is 12.5. The zero-order chi connectivity index (χ0) is 17.5. The first-order chi connectivity index (χ1) is 11.3. The van der Waals surface area contributed by atoms with E-state index in [1.165, 1.54) is 0 Å². The molecule has 2 aromatic rings. The number of amides is 1. The number of carbonyl (C=O) groups is 1. The molecule has 0 bridgehead atoms. The summed E-state index contributed by atoms with van der Waals surface area (Å²) in [5, 5.41) is 6.65. The van der Waals surface area contributed by atoms with Crippen molar-refractivity contribution >= 4 is 29.0 Å². The van der Waals surface area contributed by atoms with E-state index in [-0.39, 0.29) is 16.7 Å². The molecule has 1 N–H and O–H groups in total. The minimum atomic E-state index is -4.52. The highest BCUT2D eigenvalue weighted by molar-refractivity contribution is 6.33. The number of pyridine rings is 1. The first kappa shape index (κ1) is 16.6. The molecule has 3 heterocycles. The van der Waals surface area contributed by atoms with E-state index in [1.54, 1.807) is 29.0 Å². The van der Waals surface area contributed by atoms with E-state index in [9.17, 15) is 18.0 Å². The first-order valence-corrected chi connectivity index (χ1v) is 7.43. The van der Waals surface area contributed by atoms with Gasteiger partial charge in [-0.25, -0.2) is 4.98 Å². The van der Waals surface area contributed by atoms with Crippen molar-refractivity contribution in [3.63, 3.8) is 0 Å². The molecule has 1 atom stereocenters. The van der Waals surface area contributed by atoms with Crippen molar-refractivity contribution in [1.29, 1.82) is 0 Å². The fourth-order valence-corrected chi connectivity index (χ4v) is 2.70. The largest absolute Gasteiger partial charge is 0.417 e. The summed E-state index contributed by atoms with van der Waals surface area (Å²) in [4.78, 5) is 17.7. The van der Waals surface area contributed by atoms with Crippen LogP contribution in [0.2, 0.25) is 5.02 Å². The minimum absolute atomic E-state index is 0.0519. The maximum atomic E-state index is 12.6. The molecule has 0 aliphatic carbocycles. The average molecular weight is 360 g/mol. The summed E-state index contributed by atoms with van der Waals surface area (Å²) in [7, 11) is 1.74. The molecule has 24 heavy (non-hydrogen) atoms. The molecule has 2 aromatic heterocycles. The van der Waals surface area contributed by atoms with Gasteiger partial charge in [0.1, 0.15) is 11.9 Å². The topological polar surface area (TPSA) is 63.1 Å². The SMILES string of the molecule is Cn1cc(N2CCC(Nc3ncc(C(F)(F)F)cc3Cl)C2=O)cn1. The quantitative estimate of drug-likeness (QED) is 0.915. The third kappa shape index (κ3) is 3.16. The normalized spacial score (nSPS) is 18.3. The maximum absolute atomic E-state index is 12.6. The molecule has 1 aliphatic rings. The Morgan fingerprint density at radius 1 is 1.38 bits per heavy atom. The maximum Gasteiger partial charge on any atom is 0.417 e. The fourth-order valence-electron chi connectivity index (χ4n) is 2.48. The lowest BCUT2D eigenvalue weighted by Gasteiger charge is -2.16. The number of anilines is 2. The predicted octanol–water partition coefficient (Wildman–Crippen LogP) is 2.70. The van der Waals surface area contributed by atoms with E-state index in [0.29, 0.717) is 24.8 Å². The standard InChI is InChI=1S/C14H13ClF3N5O/c1-22-7-9(6-20-22)23-3-2-11(13(23)24)21-12-10(15)4-8(5-19-12)14(16,17)18/h4-7,11H,2-3H2,1H3,(H,19,21). The lowest BCUT2D eigenvalue weighted by molar-refractivity contribution is -0.137. The number of aromatic nitrogens is 3. The Morgan fingerprint density at radius 2 is 2.12 bits per heavy atom. The van der Waals surface area contributed by atoms with Gasteiger partial charge >= 0.3 is 6.18 Å². The number of nitrogens with one attached hydrogen (secondary N) is 1. The second-order valence-corrected chi connectivity index (χ2v) is 5.81. The summed E-state index contributed by atoms with van der Waals surface area (Å²) in [5.74, 6) is -0.156. The van der Waals surface area contributed by atoms with Gasteiger partial charge in [-0.1, -0.05) is 11.6 Å². The molecule has 128 valence electrons. The Bertz CT molecular complexity index is 776. The molecule has 6 nitrogen and oxygen atoms in total. The molecule has 0 spiro atoms. The highest BCUT2D eigenvalue weighted by atomic mass is 35.5. The van der Waals surface area contributed by atoms with E-state index in [2.05, 4.69) is 15.4 Å². The minimum Gasteiger partial charge on any atom is -0.357 e. The third-order valence-electron chi connectivity index (χ3n) is 3.69. The number of hydrogen-bond donors (Lipinski definition) is 1. The highest BCUT2D eigenvalue weighted by Crippen LogP contribution is 2.33. The van der Waals surface area contributed by atoms with Crippen LogP contribution in [0.15, 0.2) is 24.7 Å². The summed E-state index contributed by atoms with van der Waals surface area (Å²) in [6.45, 7) is 0.473. The molecular formula is C14H13ClF3N5O. The van der Waals surface area contributed by atoms with Crippen LogP contribution in [0.4, 0.5) is 24.7 Å². The van der Waals surface area contributed by atoms with Crippen LogP contribution in [-0.4, -0.2) is 33.3 Å². The van der Waals surface area contributed by atoms with E-state index < -0.39 is 17.8 Å². The highest BCUT2D eigenvalue weighted by Gasteiger charge is 2.35. The number of nitrogens with zero attached hydrogens (tertiary/aromatic N) is 4. The van der Waals surface area contributed by atoms with Crippen LogP contribution in [0.1, 0.15) is 12.0 Å². The van der Waals surface area contributed by atoms with Crippen molar-refractivity contribution in [3.8, 4) is 0 Å². The Hall–Kier alpha value is -2.29. The number of aryl methyl sites for hydroxylation is 1. The fraction of sp³-hybridized carbons (Fsp3) is 0.357. The van der Waals surface area contributed by atoms with E-state index in [4.69, 9.17) is 11.6 Å². The van der Waals surface area contributed by atoms with Gasteiger partial charge in [0.2, 0.25) is 5.91 Å². The predicted molar refractivity (Wildman–Crippen MR) is 81.8 cm³/mol. The van der Waals surface area contributed by atoms with Gasteiger partial charge in [0, 0.05) is 26.0 Å². The molecule has 1 fully saturated rings. The number of halogens is 4. The first-order valence-electron chi connectivity index (χ1n) is 7.05. The van der Waals surface area contributed by atoms with Gasteiger partial charge in [-0.15, -0.1) is 0 Å². The Kier molecular flexibility index (Phi) is 4.12. The van der Waals surface area contributed by atoms with Crippen LogP contribution in [0.5, 0.6) is 0 Å². The van der Waals surface area contributed by atoms with Crippen molar-refractivity contribution in [2.45, 2.75) is 18.6 Å². The van der Waals surface area contributed by atoms with Gasteiger partial charge < -0.3 is 10.2 Å². The van der Waals surface area contributed by atoms with Gasteiger partial charge in [0.25, 0.3) is 0 Å². The van der Waals surface area contributed by atoms with Crippen molar-refractivity contribution < 1.29 is 18.0 Å². The molecule has 3 rings (SSSR count). The van der Waals surface area contributed by atoms with Crippen molar-refractivity contribution in [1.82, 2.24) is 14.8 Å². The summed E-state index contributed by atoms with van der Waals surface area (Å²) < 4.78 is 39.4. The summed E-state index contributed by atoms with van der Waals surface area (Å²) >= 11 is 5.86. The molecular weight excluding hydrogens is 347 g/mol. The van der Waals surface area contributed by atoms with Crippen LogP contribution >= 0.6 is 11.6 Å². The molecule has 0 radical (unpaired) electrons. The molecule has 1 aliphatic heterocycles. The Labute approximate surface area is 140 Å². The van der Waals surface area contributed by atoms with Crippen LogP contribution < -0.4 is 10.2 Å². The Morgan fingerprint density at radius 3 is 2.71 bits per heavy atom. The van der Waals surface area contributed by atoms with Crippen LogP contribution in [0.3, 0.4) is 0 Å². The average Bonchev–Trinajstić information content (AvgIpc) is 3.07. The van der Waals surface area contributed by atoms with Gasteiger partial charge in [0.15, 0.2) is 0 Å². The molecule has 0 aromatic carbocycles. The van der Waals surface area contributed by atoms with Crippen molar-refractivity contribution in [3.05, 3.63) is 35.2 Å². The monoisotopic (exact) mass is 359 g/mol. The third-order valence-corrected chi connectivity index (χ3v) is 3.98. The smallest absolute Gasteiger partial charge is 0.357 e. The van der Waals surface area contributed by atoms with Crippen molar-refractivity contribution in [2.75, 3.05) is 16.8 Å². The van der Waals surface area contributed by atoms with Crippen molar-refractivity contribution in [2.24, 2.45) is 7.05 Å². The second-order valence-electron chi connectivity index (χ2n) is 5.40. The van der Waals surface area contributed by atoms with Crippen LogP contribution in [0.25, 0.3) is 0 Å². The summed E-state index contributed by atoms with van der Waals surface area (Å²) in [5.41, 5.74) is -0.272. The molecule has 10 heteroatoms. The van der Waals surface area contributed by atoms with Gasteiger partial charge in [-0.2, -0.15) is 18.3 Å². The van der Waals surface area contributed by atoms with Gasteiger partial charge in [-0.05, 0) is 12.5 Å². The molecule has 1 amide bonds. The van der Waals surface area contributed by atoms with E-state index in [0.717, 1.165) is 6.07 Å².